The summed E-state index contributed by atoms with van der Waals surface area (Å²) in [5.41, 5.74) is 0. The van der Waals surface area contributed by atoms with Crippen LogP contribution >= 0.6 is 11.6 Å². The molecule has 0 aliphatic rings. The normalized spacial score (nSPS) is 16.2. The van der Waals surface area contributed by atoms with Crippen LogP contribution in [0.4, 0.5) is 87.8 Å². The summed E-state index contributed by atoms with van der Waals surface area (Å²) < 4.78 is 266. The fourth-order valence-electron chi connectivity index (χ4n) is 2.05. The van der Waals surface area contributed by atoms with Crippen molar-refractivity contribution >= 4 is 17.5 Å². The van der Waals surface area contributed by atoms with E-state index in [9.17, 15) is 92.6 Å². The molecular weight excluding hydrogens is 614 g/mol. The van der Waals surface area contributed by atoms with Crippen LogP contribution in [0.2, 0.25) is 0 Å². The van der Waals surface area contributed by atoms with Crippen LogP contribution in [0.15, 0.2) is 0 Å². The van der Waals surface area contributed by atoms with Gasteiger partial charge in [0.1, 0.15) is 0 Å². The van der Waals surface area contributed by atoms with Crippen LogP contribution < -0.4 is 5.32 Å². The van der Waals surface area contributed by atoms with Crippen LogP contribution in [0.25, 0.3) is 0 Å². The minimum atomic E-state index is -9.15. The van der Waals surface area contributed by atoms with Gasteiger partial charge in [0.15, 0.2) is 0 Å². The summed E-state index contributed by atoms with van der Waals surface area (Å²) in [5.74, 6) is -80.8. The summed E-state index contributed by atoms with van der Waals surface area (Å²) in [7, 11) is 0. The Morgan fingerprint density at radius 1 is 0.514 bits per heavy atom. The van der Waals surface area contributed by atoms with Crippen LogP contribution in [-0.4, -0.2) is 71.1 Å². The minimum absolute atomic E-state index is 0.459. The van der Waals surface area contributed by atoms with Gasteiger partial charge in [-0.1, -0.05) is 6.92 Å². The highest BCUT2D eigenvalue weighted by Gasteiger charge is 2.97. The fourth-order valence-corrected chi connectivity index (χ4v) is 2.17. The van der Waals surface area contributed by atoms with Crippen LogP contribution in [0.1, 0.15) is 13.3 Å². The van der Waals surface area contributed by atoms with E-state index >= 15 is 0 Å². The lowest BCUT2D eigenvalue weighted by atomic mass is 9.86. The first-order valence-electron chi connectivity index (χ1n) is 8.48. The standard InChI is InChI=1S/C14H8ClF20NO/c1-2-3-36-4(37)5(16,17)6(18,19)7(20,21)8(22,23)9(24,25)10(26,27)11(28,29)12(30,31)13(32,33)14(15,34)35/h2-3H2,1H3,(H,36,37). The maximum absolute atomic E-state index is 13.6. The quantitative estimate of drug-likeness (QED) is 0.184. The van der Waals surface area contributed by atoms with Crippen molar-refractivity contribution in [3.8, 4) is 0 Å². The maximum atomic E-state index is 13.6. The zero-order valence-corrected chi connectivity index (χ0v) is 17.5. The van der Waals surface area contributed by atoms with Gasteiger partial charge in [-0.3, -0.25) is 4.79 Å². The second-order valence-electron chi connectivity index (χ2n) is 6.92. The predicted octanol–water partition coefficient (Wildman–Crippen LogP) is 7.06. The van der Waals surface area contributed by atoms with E-state index in [1.54, 1.807) is 0 Å². The molecule has 0 aliphatic carbocycles. The maximum Gasteiger partial charge on any atom is 0.393 e. The molecule has 0 saturated heterocycles. The molecule has 0 aliphatic heterocycles. The van der Waals surface area contributed by atoms with Gasteiger partial charge in [0.05, 0.1) is 0 Å². The highest BCUT2D eigenvalue weighted by molar-refractivity contribution is 6.22. The van der Waals surface area contributed by atoms with Gasteiger partial charge >= 0.3 is 58.7 Å². The van der Waals surface area contributed by atoms with Crippen molar-refractivity contribution < 1.29 is 92.6 Å². The molecule has 222 valence electrons. The number of hydrogen-bond donors (Lipinski definition) is 1. The molecule has 0 aromatic rings. The number of hydrogen-bond acceptors (Lipinski definition) is 1. The van der Waals surface area contributed by atoms with Crippen LogP contribution in [0.3, 0.4) is 0 Å². The monoisotopic (exact) mass is 621 g/mol. The molecule has 0 atom stereocenters. The van der Waals surface area contributed by atoms with Gasteiger partial charge in [0.2, 0.25) is 0 Å². The van der Waals surface area contributed by atoms with Gasteiger partial charge < -0.3 is 5.32 Å². The van der Waals surface area contributed by atoms with Crippen molar-refractivity contribution in [1.82, 2.24) is 5.32 Å². The first kappa shape index (κ1) is 35.4. The Labute approximate surface area is 195 Å². The molecule has 0 fully saturated rings. The summed E-state index contributed by atoms with van der Waals surface area (Å²) in [5, 5.41) is -6.38. The number of carbonyl (C=O) groups excluding carboxylic acids is 1. The zero-order chi connectivity index (χ0) is 30.7. The molecule has 0 saturated carbocycles. The molecule has 1 amide bonds. The fraction of sp³-hybridized carbons (Fsp3) is 0.929. The van der Waals surface area contributed by atoms with Crippen molar-refractivity contribution in [2.24, 2.45) is 0 Å². The lowest BCUT2D eigenvalue weighted by Crippen LogP contribution is -2.77. The average Bonchev–Trinajstić information content (AvgIpc) is 2.69. The summed E-state index contributed by atoms with van der Waals surface area (Å²) in [6, 6.07) is 0. The number of amides is 1. The second-order valence-corrected chi connectivity index (χ2v) is 7.40. The van der Waals surface area contributed by atoms with Gasteiger partial charge in [0.25, 0.3) is 5.91 Å². The SMILES string of the molecule is CCCNC(=O)C(F)(F)C(F)(F)C(F)(F)C(F)(F)C(F)(F)C(F)(F)C(F)(F)C(F)(F)C(F)(F)C(F)(F)Cl. The summed E-state index contributed by atoms with van der Waals surface area (Å²) in [4.78, 5) is 10.9. The number of rotatable bonds is 12. The molecule has 0 radical (unpaired) electrons. The highest BCUT2D eigenvalue weighted by Crippen LogP contribution is 2.66. The Morgan fingerprint density at radius 3 is 1.00 bits per heavy atom. The Bertz CT molecular complexity index is 846. The number of halogens is 21. The Balaban J connectivity index is 7.03. The van der Waals surface area contributed by atoms with E-state index in [1.807, 2.05) is 0 Å². The third-order valence-corrected chi connectivity index (χ3v) is 4.57. The van der Waals surface area contributed by atoms with Crippen molar-refractivity contribution in [2.75, 3.05) is 6.54 Å². The van der Waals surface area contributed by atoms with E-state index in [4.69, 9.17) is 0 Å². The predicted molar refractivity (Wildman–Crippen MR) is 78.6 cm³/mol. The van der Waals surface area contributed by atoms with E-state index in [0.717, 1.165) is 6.92 Å². The van der Waals surface area contributed by atoms with E-state index in [2.05, 4.69) is 11.6 Å². The van der Waals surface area contributed by atoms with E-state index in [1.165, 1.54) is 0 Å². The van der Waals surface area contributed by atoms with Crippen molar-refractivity contribution in [3.63, 3.8) is 0 Å². The van der Waals surface area contributed by atoms with Crippen molar-refractivity contribution in [3.05, 3.63) is 0 Å². The minimum Gasteiger partial charge on any atom is -0.351 e. The molecule has 0 heterocycles. The summed E-state index contributed by atoms with van der Waals surface area (Å²) in [6.45, 7) is -0.122. The molecule has 0 aromatic heterocycles. The van der Waals surface area contributed by atoms with Crippen molar-refractivity contribution in [2.45, 2.75) is 72.0 Å². The van der Waals surface area contributed by atoms with Crippen LogP contribution in [0, 0.1) is 0 Å². The first-order chi connectivity index (χ1) is 15.7. The Morgan fingerprint density at radius 2 is 0.757 bits per heavy atom. The molecule has 2 nitrogen and oxygen atoms in total. The first-order valence-corrected chi connectivity index (χ1v) is 8.86. The zero-order valence-electron chi connectivity index (χ0n) is 16.8. The highest BCUT2D eigenvalue weighted by atomic mass is 35.5. The summed E-state index contributed by atoms with van der Waals surface area (Å²) in [6.07, 6.45) is -0.459. The lowest BCUT2D eigenvalue weighted by Gasteiger charge is -2.44. The molecule has 0 aromatic carbocycles. The lowest BCUT2D eigenvalue weighted by molar-refractivity contribution is -0.464. The smallest absolute Gasteiger partial charge is 0.351 e. The number of carbonyl (C=O) groups is 1. The van der Waals surface area contributed by atoms with Gasteiger partial charge in [-0.05, 0) is 18.0 Å². The van der Waals surface area contributed by atoms with Gasteiger partial charge in [-0.2, -0.15) is 87.8 Å². The largest absolute Gasteiger partial charge is 0.393 e. The molecule has 1 N–H and O–H groups in total. The average molecular weight is 622 g/mol. The number of nitrogens with one attached hydrogen (secondary N) is 1. The third kappa shape index (κ3) is 4.51. The Kier molecular flexibility index (Phi) is 8.82. The molecule has 0 rings (SSSR count). The van der Waals surface area contributed by atoms with Gasteiger partial charge in [0, 0.05) is 6.54 Å². The molecule has 0 unspecified atom stereocenters. The van der Waals surface area contributed by atoms with Gasteiger partial charge in [-0.25, -0.2) is 0 Å². The second kappa shape index (κ2) is 9.23. The molecular formula is C14H8ClF20NO. The van der Waals surface area contributed by atoms with Crippen LogP contribution in [0.5, 0.6) is 0 Å². The van der Waals surface area contributed by atoms with E-state index in [0.29, 0.717) is 5.32 Å². The molecule has 37 heavy (non-hydrogen) atoms. The van der Waals surface area contributed by atoms with Crippen LogP contribution in [-0.2, 0) is 4.79 Å². The molecule has 0 bridgehead atoms. The van der Waals surface area contributed by atoms with Gasteiger partial charge in [-0.15, -0.1) is 0 Å². The summed E-state index contributed by atoms with van der Waals surface area (Å²) >= 11 is 3.30. The number of alkyl halides is 21. The third-order valence-electron chi connectivity index (χ3n) is 4.33. The topological polar surface area (TPSA) is 29.1 Å². The Hall–Kier alpha value is -1.64. The van der Waals surface area contributed by atoms with Crippen molar-refractivity contribution in [1.29, 1.82) is 0 Å². The van der Waals surface area contributed by atoms with E-state index < -0.39 is 77.6 Å². The van der Waals surface area contributed by atoms with E-state index in [-0.39, 0.29) is 0 Å². The molecule has 0 spiro atoms. The molecule has 23 heteroatoms.